The van der Waals surface area contributed by atoms with Gasteiger partial charge in [-0.1, -0.05) is 36.9 Å². The SMILES string of the molecule is C=CC(=O)N1CC2=C(CC(c3nc(-c4ccc(C(=O)Nc5ccccc5)cc4)c4c(N)nccn34)C2)C1. The van der Waals surface area contributed by atoms with E-state index in [-0.39, 0.29) is 17.7 Å². The summed E-state index contributed by atoms with van der Waals surface area (Å²) in [6.07, 6.45) is 6.68. The number of carbonyl (C=O) groups is 2. The molecule has 2 aliphatic rings. The Bertz CT molecular complexity index is 1550. The zero-order valence-electron chi connectivity index (χ0n) is 20.2. The molecule has 3 heterocycles. The van der Waals surface area contributed by atoms with E-state index in [9.17, 15) is 9.59 Å². The van der Waals surface area contributed by atoms with Crippen molar-refractivity contribution in [3.05, 3.63) is 102 Å². The second kappa shape index (κ2) is 9.05. The Morgan fingerprint density at radius 3 is 2.41 bits per heavy atom. The minimum atomic E-state index is -0.176. The van der Waals surface area contributed by atoms with Gasteiger partial charge in [0.25, 0.3) is 5.91 Å². The normalized spacial score (nSPS) is 15.3. The van der Waals surface area contributed by atoms with Crippen LogP contribution in [0.1, 0.15) is 34.9 Å². The lowest BCUT2D eigenvalue weighted by Crippen LogP contribution is -2.28. The largest absolute Gasteiger partial charge is 0.382 e. The summed E-state index contributed by atoms with van der Waals surface area (Å²) in [5.41, 5.74) is 12.6. The van der Waals surface area contributed by atoms with Gasteiger partial charge in [0.2, 0.25) is 5.91 Å². The number of para-hydroxylation sites is 1. The molecule has 0 fully saturated rings. The third-order valence-electron chi connectivity index (χ3n) is 7.16. The van der Waals surface area contributed by atoms with E-state index in [2.05, 4.69) is 16.9 Å². The number of likely N-dealkylation sites (tertiary alicyclic amines) is 1. The molecule has 4 aromatic rings. The molecule has 0 bridgehead atoms. The molecule has 0 atom stereocenters. The number of aromatic nitrogens is 3. The minimum Gasteiger partial charge on any atom is -0.382 e. The van der Waals surface area contributed by atoms with Gasteiger partial charge in [0.15, 0.2) is 0 Å². The second-order valence-electron chi connectivity index (χ2n) is 9.46. The van der Waals surface area contributed by atoms with Gasteiger partial charge in [-0.15, -0.1) is 0 Å². The topological polar surface area (TPSA) is 106 Å². The van der Waals surface area contributed by atoms with Crippen LogP contribution < -0.4 is 11.1 Å². The number of benzene rings is 2. The smallest absolute Gasteiger partial charge is 0.255 e. The molecule has 0 unspecified atom stereocenters. The van der Waals surface area contributed by atoms with Crippen LogP contribution >= 0.6 is 0 Å². The molecule has 2 aromatic heterocycles. The highest BCUT2D eigenvalue weighted by molar-refractivity contribution is 6.04. The quantitative estimate of drug-likeness (QED) is 0.318. The summed E-state index contributed by atoms with van der Waals surface area (Å²) in [6.45, 7) is 4.92. The molecular weight excluding hydrogens is 464 g/mol. The lowest BCUT2D eigenvalue weighted by Gasteiger charge is -2.18. The Kier molecular flexibility index (Phi) is 5.56. The van der Waals surface area contributed by atoms with Crippen LogP contribution in [0.4, 0.5) is 11.5 Å². The van der Waals surface area contributed by atoms with Crippen LogP contribution in [-0.2, 0) is 4.79 Å². The molecule has 184 valence electrons. The fraction of sp³-hybridized carbons (Fsp3) is 0.172. The minimum absolute atomic E-state index is 0.0285. The molecule has 2 amide bonds. The van der Waals surface area contributed by atoms with Crippen LogP contribution in [0.3, 0.4) is 0 Å². The molecule has 1 aliphatic carbocycles. The molecule has 3 N–H and O–H groups in total. The van der Waals surface area contributed by atoms with Crippen LogP contribution in [0.2, 0.25) is 0 Å². The summed E-state index contributed by atoms with van der Waals surface area (Å²) >= 11 is 0. The van der Waals surface area contributed by atoms with Gasteiger partial charge in [-0.2, -0.15) is 0 Å². The van der Waals surface area contributed by atoms with Gasteiger partial charge >= 0.3 is 0 Å². The molecule has 0 radical (unpaired) electrons. The Morgan fingerprint density at radius 2 is 1.73 bits per heavy atom. The summed E-state index contributed by atoms with van der Waals surface area (Å²) in [6, 6.07) is 16.7. The monoisotopic (exact) mass is 490 g/mol. The van der Waals surface area contributed by atoms with E-state index >= 15 is 0 Å². The lowest BCUT2D eigenvalue weighted by molar-refractivity contribution is -0.124. The molecule has 0 saturated carbocycles. The Morgan fingerprint density at radius 1 is 1.03 bits per heavy atom. The number of rotatable bonds is 5. The number of fused-ring (bicyclic) bond motifs is 1. The maximum atomic E-state index is 12.7. The highest BCUT2D eigenvalue weighted by Crippen LogP contribution is 2.43. The molecule has 0 spiro atoms. The van der Waals surface area contributed by atoms with E-state index in [0.29, 0.717) is 24.5 Å². The number of nitrogens with zero attached hydrogens (tertiary/aromatic N) is 4. The first kappa shape index (κ1) is 22.7. The van der Waals surface area contributed by atoms with Crippen LogP contribution in [-0.4, -0.2) is 44.2 Å². The zero-order chi connectivity index (χ0) is 25.5. The maximum absolute atomic E-state index is 12.7. The van der Waals surface area contributed by atoms with Crippen molar-refractivity contribution in [2.45, 2.75) is 18.8 Å². The molecule has 2 aromatic carbocycles. The van der Waals surface area contributed by atoms with E-state index in [1.54, 1.807) is 18.3 Å². The Labute approximate surface area is 214 Å². The number of anilines is 2. The zero-order valence-corrected chi connectivity index (χ0v) is 20.2. The third-order valence-corrected chi connectivity index (χ3v) is 7.16. The number of amides is 2. The van der Waals surface area contributed by atoms with Crippen molar-refractivity contribution < 1.29 is 9.59 Å². The van der Waals surface area contributed by atoms with Crippen molar-refractivity contribution in [3.63, 3.8) is 0 Å². The van der Waals surface area contributed by atoms with Crippen molar-refractivity contribution in [2.24, 2.45) is 0 Å². The summed E-state index contributed by atoms with van der Waals surface area (Å²) < 4.78 is 2.03. The summed E-state index contributed by atoms with van der Waals surface area (Å²) in [5, 5.41) is 2.91. The van der Waals surface area contributed by atoms with E-state index in [0.717, 1.165) is 41.1 Å². The number of nitrogen functional groups attached to an aromatic ring is 1. The maximum Gasteiger partial charge on any atom is 0.255 e. The Hall–Kier alpha value is -4.72. The molecule has 8 heteroatoms. The Balaban J connectivity index is 1.28. The van der Waals surface area contributed by atoms with Crippen LogP contribution in [0.5, 0.6) is 0 Å². The fourth-order valence-corrected chi connectivity index (χ4v) is 5.37. The van der Waals surface area contributed by atoms with Gasteiger partial charge in [0.1, 0.15) is 22.9 Å². The van der Waals surface area contributed by atoms with Gasteiger partial charge in [0.05, 0.1) is 0 Å². The van der Waals surface area contributed by atoms with E-state index in [1.807, 2.05) is 58.0 Å². The predicted octanol–water partition coefficient (Wildman–Crippen LogP) is 4.43. The summed E-state index contributed by atoms with van der Waals surface area (Å²) in [4.78, 5) is 35.9. The number of nitrogens with one attached hydrogen (secondary N) is 1. The third kappa shape index (κ3) is 4.06. The first-order chi connectivity index (χ1) is 18.0. The number of hydrogen-bond acceptors (Lipinski definition) is 5. The number of carbonyl (C=O) groups excluding carboxylic acids is 2. The van der Waals surface area contributed by atoms with Crippen LogP contribution in [0.15, 0.2) is 90.8 Å². The standard InChI is InChI=1S/C29H26N6O2/c1-2-24(36)34-16-21-14-20(15-22(21)17-34)28-33-25(26-27(30)31-12-13-35(26)28)18-8-10-19(11-9-18)29(37)32-23-6-4-3-5-7-23/h2-13,20H,1,14-17H2,(H2,30,31)(H,32,37). The van der Waals surface area contributed by atoms with E-state index < -0.39 is 0 Å². The van der Waals surface area contributed by atoms with Crippen molar-refractivity contribution in [2.75, 3.05) is 24.1 Å². The van der Waals surface area contributed by atoms with Gasteiger partial charge in [-0.3, -0.25) is 14.0 Å². The molecule has 37 heavy (non-hydrogen) atoms. The van der Waals surface area contributed by atoms with Gasteiger partial charge in [-0.25, -0.2) is 9.97 Å². The first-order valence-corrected chi connectivity index (χ1v) is 12.2. The van der Waals surface area contributed by atoms with Gasteiger partial charge in [0, 0.05) is 48.2 Å². The number of imidazole rings is 1. The fourth-order valence-electron chi connectivity index (χ4n) is 5.37. The van der Waals surface area contributed by atoms with Crippen molar-refractivity contribution in [1.29, 1.82) is 0 Å². The molecule has 8 nitrogen and oxygen atoms in total. The van der Waals surface area contributed by atoms with E-state index in [4.69, 9.17) is 10.7 Å². The van der Waals surface area contributed by atoms with Crippen LogP contribution in [0, 0.1) is 0 Å². The van der Waals surface area contributed by atoms with Crippen molar-refractivity contribution in [3.8, 4) is 11.3 Å². The molecular formula is C29H26N6O2. The molecule has 0 saturated heterocycles. The summed E-state index contributed by atoms with van der Waals surface area (Å²) in [7, 11) is 0. The summed E-state index contributed by atoms with van der Waals surface area (Å²) in [5.74, 6) is 1.33. The van der Waals surface area contributed by atoms with E-state index in [1.165, 1.54) is 17.2 Å². The van der Waals surface area contributed by atoms with Gasteiger partial charge in [-0.05, 0) is 54.3 Å². The molecule has 6 rings (SSSR count). The number of hydrogen-bond donors (Lipinski definition) is 2. The highest BCUT2D eigenvalue weighted by Gasteiger charge is 2.35. The number of nitrogens with two attached hydrogens (primary N) is 1. The predicted molar refractivity (Wildman–Crippen MR) is 143 cm³/mol. The van der Waals surface area contributed by atoms with Crippen molar-refractivity contribution >= 4 is 28.8 Å². The highest BCUT2D eigenvalue weighted by atomic mass is 16.2. The van der Waals surface area contributed by atoms with Crippen molar-refractivity contribution in [1.82, 2.24) is 19.3 Å². The van der Waals surface area contributed by atoms with Crippen LogP contribution in [0.25, 0.3) is 16.8 Å². The lowest BCUT2D eigenvalue weighted by atomic mass is 10.0. The second-order valence-corrected chi connectivity index (χ2v) is 9.46. The van der Waals surface area contributed by atoms with Gasteiger partial charge < -0.3 is 16.0 Å². The average Bonchev–Trinajstić information content (AvgIpc) is 3.61. The molecule has 1 aliphatic heterocycles. The first-order valence-electron chi connectivity index (χ1n) is 12.2. The average molecular weight is 491 g/mol.